The van der Waals surface area contributed by atoms with Crippen LogP contribution in [0.2, 0.25) is 0 Å². The van der Waals surface area contributed by atoms with Crippen molar-refractivity contribution >= 4 is 11.5 Å². The number of Topliss-reactive ketones (excluding diaryl/α,β-unsaturated/α-hetero) is 1. The number of carbonyl (C=O) groups excluding carboxylic acids is 1. The summed E-state index contributed by atoms with van der Waals surface area (Å²) in [6.45, 7) is 1.89. The minimum Gasteiger partial charge on any atom is -0.382 e. The fraction of sp³-hybridized carbons (Fsp3) is 0.417. The molecule has 2 heteroatoms. The molecule has 0 aromatic heterocycles. The number of benzene rings is 1. The van der Waals surface area contributed by atoms with Gasteiger partial charge in [0.05, 0.1) is 0 Å². The van der Waals surface area contributed by atoms with Gasteiger partial charge >= 0.3 is 0 Å². The van der Waals surface area contributed by atoms with E-state index in [1.54, 1.807) is 0 Å². The smallest absolute Gasteiger partial charge is 0.162 e. The van der Waals surface area contributed by atoms with Crippen LogP contribution in [0.25, 0.3) is 0 Å². The first-order valence-corrected chi connectivity index (χ1v) is 5.19. The minimum absolute atomic E-state index is 0.211. The Morgan fingerprint density at radius 1 is 1.36 bits per heavy atom. The molecule has 1 N–H and O–H groups in total. The van der Waals surface area contributed by atoms with Gasteiger partial charge in [0.1, 0.15) is 0 Å². The van der Waals surface area contributed by atoms with Crippen molar-refractivity contribution in [2.45, 2.75) is 32.2 Å². The van der Waals surface area contributed by atoms with Crippen LogP contribution in [-0.4, -0.2) is 11.8 Å². The molecule has 1 fully saturated rings. The van der Waals surface area contributed by atoms with E-state index < -0.39 is 0 Å². The minimum atomic E-state index is 0.211. The molecule has 0 spiro atoms. The van der Waals surface area contributed by atoms with Crippen LogP contribution in [0.5, 0.6) is 0 Å². The van der Waals surface area contributed by atoms with Crippen molar-refractivity contribution in [1.29, 1.82) is 0 Å². The monoisotopic (exact) mass is 189 g/mol. The molecule has 14 heavy (non-hydrogen) atoms. The van der Waals surface area contributed by atoms with E-state index in [0.717, 1.165) is 11.3 Å². The Morgan fingerprint density at radius 3 is 2.50 bits per heavy atom. The molecule has 74 valence electrons. The second-order valence-electron chi connectivity index (χ2n) is 3.77. The van der Waals surface area contributed by atoms with Gasteiger partial charge in [-0.15, -0.1) is 0 Å². The average Bonchev–Trinajstić information content (AvgIpc) is 3.02. The van der Waals surface area contributed by atoms with Gasteiger partial charge in [0.2, 0.25) is 0 Å². The van der Waals surface area contributed by atoms with Crippen molar-refractivity contribution in [2.24, 2.45) is 0 Å². The van der Waals surface area contributed by atoms with E-state index in [4.69, 9.17) is 0 Å². The van der Waals surface area contributed by atoms with E-state index in [0.29, 0.717) is 12.5 Å². The van der Waals surface area contributed by atoms with Crippen molar-refractivity contribution in [3.05, 3.63) is 29.8 Å². The van der Waals surface area contributed by atoms with Crippen LogP contribution in [0.3, 0.4) is 0 Å². The zero-order valence-electron chi connectivity index (χ0n) is 8.42. The maximum Gasteiger partial charge on any atom is 0.162 e. The molecule has 0 heterocycles. The summed E-state index contributed by atoms with van der Waals surface area (Å²) in [5, 5.41) is 3.39. The lowest BCUT2D eigenvalue weighted by molar-refractivity contribution is 0.0988. The van der Waals surface area contributed by atoms with Crippen LogP contribution >= 0.6 is 0 Å². The van der Waals surface area contributed by atoms with Crippen molar-refractivity contribution in [3.63, 3.8) is 0 Å². The second kappa shape index (κ2) is 3.82. The number of carbonyl (C=O) groups is 1. The molecule has 0 aliphatic heterocycles. The molecule has 0 atom stereocenters. The zero-order chi connectivity index (χ0) is 9.97. The Bertz CT molecular complexity index is 325. The molecule has 2 nitrogen and oxygen atoms in total. The number of ketones is 1. The highest BCUT2D eigenvalue weighted by Gasteiger charge is 2.20. The fourth-order valence-electron chi connectivity index (χ4n) is 1.42. The van der Waals surface area contributed by atoms with Crippen molar-refractivity contribution in [1.82, 2.24) is 0 Å². The first-order valence-electron chi connectivity index (χ1n) is 5.19. The molecule has 0 bridgehead atoms. The lowest BCUT2D eigenvalue weighted by atomic mass is 10.1. The predicted molar refractivity (Wildman–Crippen MR) is 57.7 cm³/mol. The highest BCUT2D eigenvalue weighted by atomic mass is 16.1. The lowest BCUT2D eigenvalue weighted by Gasteiger charge is -2.04. The molecule has 1 aliphatic carbocycles. The van der Waals surface area contributed by atoms with E-state index in [9.17, 15) is 4.79 Å². The van der Waals surface area contributed by atoms with E-state index in [1.807, 2.05) is 31.2 Å². The van der Waals surface area contributed by atoms with Crippen LogP contribution in [0.15, 0.2) is 24.3 Å². The van der Waals surface area contributed by atoms with E-state index >= 15 is 0 Å². The normalized spacial score (nSPS) is 15.2. The third-order valence-corrected chi connectivity index (χ3v) is 2.48. The molecule has 1 saturated carbocycles. The van der Waals surface area contributed by atoms with Gasteiger partial charge in [-0.3, -0.25) is 4.79 Å². The van der Waals surface area contributed by atoms with Crippen LogP contribution in [0.1, 0.15) is 36.5 Å². The largest absolute Gasteiger partial charge is 0.382 e. The molecule has 1 aromatic carbocycles. The summed E-state index contributed by atoms with van der Waals surface area (Å²) in [5.74, 6) is 0.211. The molecule has 0 saturated heterocycles. The van der Waals surface area contributed by atoms with Gasteiger partial charge in [-0.25, -0.2) is 0 Å². The van der Waals surface area contributed by atoms with Crippen molar-refractivity contribution in [3.8, 4) is 0 Å². The van der Waals surface area contributed by atoms with Gasteiger partial charge in [-0.05, 0) is 37.1 Å². The van der Waals surface area contributed by atoms with Gasteiger partial charge in [0, 0.05) is 23.7 Å². The Morgan fingerprint density at radius 2 is 2.00 bits per heavy atom. The van der Waals surface area contributed by atoms with E-state index in [-0.39, 0.29) is 5.78 Å². The molecule has 2 rings (SSSR count). The molecule has 1 aromatic rings. The Labute approximate surface area is 84.3 Å². The number of nitrogens with one attached hydrogen (secondary N) is 1. The van der Waals surface area contributed by atoms with Crippen LogP contribution in [0.4, 0.5) is 5.69 Å². The molecule has 0 unspecified atom stereocenters. The van der Waals surface area contributed by atoms with Gasteiger partial charge < -0.3 is 5.32 Å². The molecular weight excluding hydrogens is 174 g/mol. The first-order chi connectivity index (χ1) is 6.79. The summed E-state index contributed by atoms with van der Waals surface area (Å²) in [7, 11) is 0. The van der Waals surface area contributed by atoms with Gasteiger partial charge in [0.15, 0.2) is 5.78 Å². The summed E-state index contributed by atoms with van der Waals surface area (Å²) in [5.41, 5.74) is 1.94. The molecule has 1 aliphatic rings. The SMILES string of the molecule is CCC(=O)c1ccc(NC2CC2)cc1. The topological polar surface area (TPSA) is 29.1 Å². The number of hydrogen-bond donors (Lipinski definition) is 1. The van der Waals surface area contributed by atoms with Crippen LogP contribution < -0.4 is 5.32 Å². The third kappa shape index (κ3) is 2.13. The van der Waals surface area contributed by atoms with Gasteiger partial charge in [-0.1, -0.05) is 6.92 Å². The van der Waals surface area contributed by atoms with Crippen molar-refractivity contribution < 1.29 is 4.79 Å². The summed E-state index contributed by atoms with van der Waals surface area (Å²) in [4.78, 5) is 11.3. The Balaban J connectivity index is 2.04. The highest BCUT2D eigenvalue weighted by Crippen LogP contribution is 2.24. The summed E-state index contributed by atoms with van der Waals surface area (Å²) >= 11 is 0. The maximum absolute atomic E-state index is 11.3. The van der Waals surface area contributed by atoms with E-state index in [1.165, 1.54) is 12.8 Å². The summed E-state index contributed by atoms with van der Waals surface area (Å²) in [6.07, 6.45) is 3.13. The second-order valence-corrected chi connectivity index (χ2v) is 3.77. The third-order valence-electron chi connectivity index (χ3n) is 2.48. The summed E-state index contributed by atoms with van der Waals surface area (Å²) in [6, 6.07) is 8.44. The maximum atomic E-state index is 11.3. The Hall–Kier alpha value is -1.31. The zero-order valence-corrected chi connectivity index (χ0v) is 8.42. The van der Waals surface area contributed by atoms with E-state index in [2.05, 4.69) is 5.32 Å². The standard InChI is InChI=1S/C12H15NO/c1-2-12(14)9-3-5-10(6-4-9)13-11-7-8-11/h3-6,11,13H,2,7-8H2,1H3. The van der Waals surface area contributed by atoms with Crippen LogP contribution in [-0.2, 0) is 0 Å². The molecule has 0 radical (unpaired) electrons. The molecule has 0 amide bonds. The molecular formula is C12H15NO. The lowest BCUT2D eigenvalue weighted by Crippen LogP contribution is -2.01. The van der Waals surface area contributed by atoms with Gasteiger partial charge in [0.25, 0.3) is 0 Å². The summed E-state index contributed by atoms with van der Waals surface area (Å²) < 4.78 is 0. The quantitative estimate of drug-likeness (QED) is 0.738. The highest BCUT2D eigenvalue weighted by molar-refractivity contribution is 5.96. The predicted octanol–water partition coefficient (Wildman–Crippen LogP) is 2.85. The number of rotatable bonds is 4. The fourth-order valence-corrected chi connectivity index (χ4v) is 1.42. The van der Waals surface area contributed by atoms with Crippen LogP contribution in [0, 0.1) is 0 Å². The van der Waals surface area contributed by atoms with Crippen molar-refractivity contribution in [2.75, 3.05) is 5.32 Å². The first kappa shape index (κ1) is 9.25. The number of hydrogen-bond acceptors (Lipinski definition) is 2. The Kier molecular flexibility index (Phi) is 2.53. The average molecular weight is 189 g/mol. The van der Waals surface area contributed by atoms with Gasteiger partial charge in [-0.2, -0.15) is 0 Å². The number of anilines is 1.